The molecule has 0 saturated heterocycles. The number of nitrogens with two attached hydrogens (primary N) is 1. The van der Waals surface area contributed by atoms with Crippen molar-refractivity contribution < 1.29 is 9.90 Å². The summed E-state index contributed by atoms with van der Waals surface area (Å²) in [4.78, 5) is 11.4. The molecule has 98 valence electrons. The minimum absolute atomic E-state index is 0.161. The van der Waals surface area contributed by atoms with Crippen LogP contribution in [0.2, 0.25) is 0 Å². The molecule has 1 aliphatic carbocycles. The highest BCUT2D eigenvalue weighted by molar-refractivity contribution is 5.95. The maximum Gasteiger partial charge on any atom is 0.251 e. The Morgan fingerprint density at radius 1 is 1.50 bits per heavy atom. The van der Waals surface area contributed by atoms with Crippen molar-refractivity contribution in [1.82, 2.24) is 5.32 Å². The van der Waals surface area contributed by atoms with Gasteiger partial charge in [0.15, 0.2) is 0 Å². The van der Waals surface area contributed by atoms with Crippen LogP contribution in [0, 0.1) is 0 Å². The summed E-state index contributed by atoms with van der Waals surface area (Å²) in [6.07, 6.45) is 2.73. The van der Waals surface area contributed by atoms with Crippen molar-refractivity contribution in [2.75, 3.05) is 24.6 Å². The van der Waals surface area contributed by atoms with Crippen LogP contribution in [-0.2, 0) is 0 Å². The Balaban J connectivity index is 2.03. The number of nitrogen functional groups attached to an aromatic ring is 1. The summed E-state index contributed by atoms with van der Waals surface area (Å²) in [6, 6.07) is 5.11. The first-order chi connectivity index (χ1) is 8.54. The van der Waals surface area contributed by atoms with E-state index in [9.17, 15) is 9.90 Å². The monoisotopic (exact) mass is 249 g/mol. The number of hydrogen-bond donors (Lipinski definition) is 4. The number of rotatable bonds is 4. The van der Waals surface area contributed by atoms with Crippen molar-refractivity contribution in [2.45, 2.75) is 24.9 Å². The lowest BCUT2D eigenvalue weighted by molar-refractivity contribution is -0.0201. The van der Waals surface area contributed by atoms with E-state index in [-0.39, 0.29) is 5.91 Å². The van der Waals surface area contributed by atoms with Crippen molar-refractivity contribution in [3.05, 3.63) is 23.8 Å². The molecule has 0 radical (unpaired) electrons. The van der Waals surface area contributed by atoms with E-state index in [2.05, 4.69) is 10.6 Å². The zero-order valence-corrected chi connectivity index (χ0v) is 10.5. The second-order valence-electron chi connectivity index (χ2n) is 4.81. The van der Waals surface area contributed by atoms with Crippen LogP contribution in [0.3, 0.4) is 0 Å². The first kappa shape index (κ1) is 12.7. The SMILES string of the molecule is CNC(=O)c1ccc(NCC2(O)CCC2)c(N)c1. The normalized spacial score (nSPS) is 16.8. The zero-order chi connectivity index (χ0) is 13.2. The van der Waals surface area contributed by atoms with Crippen molar-refractivity contribution in [3.63, 3.8) is 0 Å². The van der Waals surface area contributed by atoms with Gasteiger partial charge in [0.2, 0.25) is 0 Å². The van der Waals surface area contributed by atoms with E-state index in [0.29, 0.717) is 17.8 Å². The van der Waals surface area contributed by atoms with Crippen LogP contribution < -0.4 is 16.4 Å². The average molecular weight is 249 g/mol. The van der Waals surface area contributed by atoms with Crippen molar-refractivity contribution >= 4 is 17.3 Å². The fraction of sp³-hybridized carbons (Fsp3) is 0.462. The van der Waals surface area contributed by atoms with E-state index >= 15 is 0 Å². The summed E-state index contributed by atoms with van der Waals surface area (Å²) >= 11 is 0. The largest absolute Gasteiger partial charge is 0.397 e. The molecular weight excluding hydrogens is 230 g/mol. The number of nitrogens with one attached hydrogen (secondary N) is 2. The maximum atomic E-state index is 11.4. The van der Waals surface area contributed by atoms with Crippen LogP contribution in [0.1, 0.15) is 29.6 Å². The average Bonchev–Trinajstić information content (AvgIpc) is 2.34. The molecule has 0 aromatic heterocycles. The van der Waals surface area contributed by atoms with Crippen LogP contribution in [0.5, 0.6) is 0 Å². The van der Waals surface area contributed by atoms with E-state index < -0.39 is 5.60 Å². The van der Waals surface area contributed by atoms with Crippen LogP contribution in [-0.4, -0.2) is 30.2 Å². The predicted molar refractivity (Wildman–Crippen MR) is 71.5 cm³/mol. The summed E-state index contributed by atoms with van der Waals surface area (Å²) in [5.74, 6) is -0.161. The molecule has 1 aromatic carbocycles. The topological polar surface area (TPSA) is 87.4 Å². The van der Waals surface area contributed by atoms with Gasteiger partial charge in [-0.2, -0.15) is 0 Å². The molecule has 18 heavy (non-hydrogen) atoms. The molecule has 5 heteroatoms. The Kier molecular flexibility index (Phi) is 3.43. The molecule has 0 unspecified atom stereocenters. The zero-order valence-electron chi connectivity index (χ0n) is 10.5. The van der Waals surface area contributed by atoms with Crippen LogP contribution in [0.15, 0.2) is 18.2 Å². The van der Waals surface area contributed by atoms with Gasteiger partial charge in [0.25, 0.3) is 5.91 Å². The van der Waals surface area contributed by atoms with Gasteiger partial charge in [0, 0.05) is 19.2 Å². The van der Waals surface area contributed by atoms with Crippen LogP contribution >= 0.6 is 0 Å². The van der Waals surface area contributed by atoms with Crippen molar-refractivity contribution in [3.8, 4) is 0 Å². The minimum Gasteiger partial charge on any atom is -0.397 e. The van der Waals surface area contributed by atoms with Gasteiger partial charge < -0.3 is 21.5 Å². The first-order valence-corrected chi connectivity index (χ1v) is 6.12. The Morgan fingerprint density at radius 2 is 2.22 bits per heavy atom. The van der Waals surface area contributed by atoms with Gasteiger partial charge in [-0.25, -0.2) is 0 Å². The Hall–Kier alpha value is -1.75. The second-order valence-corrected chi connectivity index (χ2v) is 4.81. The van der Waals surface area contributed by atoms with E-state index in [1.807, 2.05) is 0 Å². The molecule has 1 saturated carbocycles. The van der Waals surface area contributed by atoms with Crippen molar-refractivity contribution in [2.24, 2.45) is 0 Å². The lowest BCUT2D eigenvalue weighted by Gasteiger charge is -2.37. The molecule has 0 atom stereocenters. The van der Waals surface area contributed by atoms with Gasteiger partial charge in [-0.15, -0.1) is 0 Å². The molecule has 5 N–H and O–H groups in total. The van der Waals surface area contributed by atoms with Gasteiger partial charge in [-0.05, 0) is 37.5 Å². The Bertz CT molecular complexity index is 456. The molecule has 0 aliphatic heterocycles. The summed E-state index contributed by atoms with van der Waals surface area (Å²) < 4.78 is 0. The van der Waals surface area contributed by atoms with Crippen LogP contribution in [0.25, 0.3) is 0 Å². The van der Waals surface area contributed by atoms with Gasteiger partial charge in [0.05, 0.1) is 17.0 Å². The summed E-state index contributed by atoms with van der Waals surface area (Å²) in [5.41, 5.74) is 7.08. The van der Waals surface area contributed by atoms with E-state index in [0.717, 1.165) is 24.9 Å². The van der Waals surface area contributed by atoms with Gasteiger partial charge >= 0.3 is 0 Å². The lowest BCUT2D eigenvalue weighted by atomic mass is 9.80. The Labute approximate surface area is 106 Å². The minimum atomic E-state index is -0.591. The smallest absolute Gasteiger partial charge is 0.251 e. The predicted octanol–water partition coefficient (Wildman–Crippen LogP) is 0.955. The molecule has 1 aromatic rings. The highest BCUT2D eigenvalue weighted by atomic mass is 16.3. The van der Waals surface area contributed by atoms with Gasteiger partial charge in [-0.1, -0.05) is 0 Å². The highest BCUT2D eigenvalue weighted by Crippen LogP contribution is 2.32. The number of aliphatic hydroxyl groups is 1. The lowest BCUT2D eigenvalue weighted by Crippen LogP contribution is -2.43. The second kappa shape index (κ2) is 4.86. The number of carbonyl (C=O) groups is 1. The van der Waals surface area contributed by atoms with E-state index in [1.165, 1.54) is 0 Å². The third-order valence-electron chi connectivity index (χ3n) is 3.43. The van der Waals surface area contributed by atoms with Gasteiger partial charge in [-0.3, -0.25) is 4.79 Å². The van der Waals surface area contributed by atoms with E-state index in [1.54, 1.807) is 25.2 Å². The quantitative estimate of drug-likeness (QED) is 0.598. The maximum absolute atomic E-state index is 11.4. The number of hydrogen-bond acceptors (Lipinski definition) is 4. The number of carbonyl (C=O) groups excluding carboxylic acids is 1. The molecule has 0 spiro atoms. The summed E-state index contributed by atoms with van der Waals surface area (Å²) in [6.45, 7) is 0.497. The molecule has 1 fully saturated rings. The number of amides is 1. The molecule has 2 rings (SSSR count). The van der Waals surface area contributed by atoms with Crippen LogP contribution in [0.4, 0.5) is 11.4 Å². The molecule has 5 nitrogen and oxygen atoms in total. The van der Waals surface area contributed by atoms with Crippen molar-refractivity contribution in [1.29, 1.82) is 0 Å². The fourth-order valence-corrected chi connectivity index (χ4v) is 2.03. The number of benzene rings is 1. The van der Waals surface area contributed by atoms with Gasteiger partial charge in [0.1, 0.15) is 0 Å². The third-order valence-corrected chi connectivity index (χ3v) is 3.43. The third kappa shape index (κ3) is 2.56. The molecular formula is C13H19N3O2. The molecule has 1 amide bonds. The molecule has 0 heterocycles. The van der Waals surface area contributed by atoms with E-state index in [4.69, 9.17) is 5.73 Å². The first-order valence-electron chi connectivity index (χ1n) is 6.12. The highest BCUT2D eigenvalue weighted by Gasteiger charge is 2.34. The summed E-state index contributed by atoms with van der Waals surface area (Å²) in [7, 11) is 1.58. The standard InChI is InChI=1S/C13H19N3O2/c1-15-12(17)9-3-4-11(10(14)7-9)16-8-13(18)5-2-6-13/h3-4,7,16,18H,2,5-6,8,14H2,1H3,(H,15,17). The fourth-order valence-electron chi connectivity index (χ4n) is 2.03. The molecule has 1 aliphatic rings. The number of anilines is 2. The Morgan fingerprint density at radius 3 is 2.72 bits per heavy atom. The summed E-state index contributed by atoms with van der Waals surface area (Å²) in [5, 5.41) is 15.7. The molecule has 0 bridgehead atoms.